The van der Waals surface area contributed by atoms with Crippen LogP contribution in [0.4, 0.5) is 0 Å². The molecule has 6 heteroatoms. The molecule has 0 bridgehead atoms. The van der Waals surface area contributed by atoms with E-state index in [-0.39, 0.29) is 17.5 Å². The Bertz CT molecular complexity index is 820. The molecule has 2 N–H and O–H groups in total. The molecular formula is C18H15N3O3. The molecule has 0 saturated carbocycles. The molecule has 0 aliphatic heterocycles. The number of nitrogens with one attached hydrogen (secondary N) is 1. The fourth-order valence-electron chi connectivity index (χ4n) is 2.06. The molecule has 1 aromatic carbocycles. The number of amides is 1. The zero-order valence-electron chi connectivity index (χ0n) is 12.7. The van der Waals surface area contributed by atoms with Crippen LogP contribution in [0.5, 0.6) is 17.4 Å². The van der Waals surface area contributed by atoms with Gasteiger partial charge in [0, 0.05) is 18.9 Å². The first-order valence-corrected chi connectivity index (χ1v) is 7.31. The molecule has 0 aliphatic carbocycles. The van der Waals surface area contributed by atoms with Gasteiger partial charge in [-0.15, -0.1) is 0 Å². The van der Waals surface area contributed by atoms with E-state index in [9.17, 15) is 9.90 Å². The number of hydrogen-bond donors (Lipinski definition) is 2. The van der Waals surface area contributed by atoms with Crippen molar-refractivity contribution in [3.05, 3.63) is 78.2 Å². The zero-order chi connectivity index (χ0) is 16.8. The summed E-state index contributed by atoms with van der Waals surface area (Å²) in [4.78, 5) is 20.5. The number of phenols is 1. The SMILES string of the molecule is O=C(NCc1ccc(O)cc1)c1cccnc1Oc1cccnc1. The van der Waals surface area contributed by atoms with Crippen LogP contribution in [0.25, 0.3) is 0 Å². The molecule has 3 aromatic rings. The van der Waals surface area contributed by atoms with E-state index >= 15 is 0 Å². The van der Waals surface area contributed by atoms with Crippen LogP contribution in [0.15, 0.2) is 67.1 Å². The smallest absolute Gasteiger partial charge is 0.257 e. The quantitative estimate of drug-likeness (QED) is 0.755. The van der Waals surface area contributed by atoms with Crippen molar-refractivity contribution < 1.29 is 14.6 Å². The first-order valence-electron chi connectivity index (χ1n) is 7.31. The van der Waals surface area contributed by atoms with E-state index in [1.807, 2.05) is 0 Å². The summed E-state index contributed by atoms with van der Waals surface area (Å²) in [6.07, 6.45) is 4.74. The highest BCUT2D eigenvalue weighted by molar-refractivity contribution is 5.96. The standard InChI is InChI=1S/C18H15N3O3/c22-14-7-5-13(6-8-14)11-21-17(23)16-4-2-10-20-18(16)24-15-3-1-9-19-12-15/h1-10,12,22H,11H2,(H,21,23). The number of rotatable bonds is 5. The maximum Gasteiger partial charge on any atom is 0.257 e. The fourth-order valence-corrected chi connectivity index (χ4v) is 2.06. The molecule has 0 aliphatic rings. The van der Waals surface area contributed by atoms with Gasteiger partial charge in [0.05, 0.1) is 6.20 Å². The number of carbonyl (C=O) groups excluding carboxylic acids is 1. The molecule has 0 unspecified atom stereocenters. The Labute approximate surface area is 138 Å². The summed E-state index contributed by atoms with van der Waals surface area (Å²) in [5.41, 5.74) is 1.21. The molecule has 2 heterocycles. The second kappa shape index (κ2) is 7.23. The first-order chi connectivity index (χ1) is 11.7. The number of nitrogens with zero attached hydrogens (tertiary/aromatic N) is 2. The number of aromatic nitrogens is 2. The summed E-state index contributed by atoms with van der Waals surface area (Å²) in [6.45, 7) is 0.334. The van der Waals surface area contributed by atoms with Gasteiger partial charge in [-0.05, 0) is 42.0 Å². The van der Waals surface area contributed by atoms with Gasteiger partial charge in [0.2, 0.25) is 5.88 Å². The van der Waals surface area contributed by atoms with Crippen LogP contribution in [-0.2, 0) is 6.54 Å². The molecule has 1 amide bonds. The number of phenolic OH excluding ortho intramolecular Hbond substituents is 1. The third kappa shape index (κ3) is 3.86. The Morgan fingerprint density at radius 2 is 1.88 bits per heavy atom. The van der Waals surface area contributed by atoms with Crippen LogP contribution >= 0.6 is 0 Å². The van der Waals surface area contributed by atoms with Crippen molar-refractivity contribution in [2.75, 3.05) is 0 Å². The predicted octanol–water partition coefficient (Wildman–Crippen LogP) is 2.90. The largest absolute Gasteiger partial charge is 0.508 e. The van der Waals surface area contributed by atoms with E-state index in [2.05, 4.69) is 15.3 Å². The Kier molecular flexibility index (Phi) is 4.67. The van der Waals surface area contributed by atoms with E-state index in [0.29, 0.717) is 17.9 Å². The number of carbonyl (C=O) groups is 1. The first kappa shape index (κ1) is 15.5. The molecule has 0 radical (unpaired) electrons. The van der Waals surface area contributed by atoms with Crippen molar-refractivity contribution in [3.63, 3.8) is 0 Å². The zero-order valence-corrected chi connectivity index (χ0v) is 12.7. The van der Waals surface area contributed by atoms with Gasteiger partial charge in [-0.1, -0.05) is 12.1 Å². The van der Waals surface area contributed by atoms with Gasteiger partial charge in [-0.3, -0.25) is 9.78 Å². The summed E-state index contributed by atoms with van der Waals surface area (Å²) >= 11 is 0. The molecule has 24 heavy (non-hydrogen) atoms. The molecule has 6 nitrogen and oxygen atoms in total. The highest BCUT2D eigenvalue weighted by Crippen LogP contribution is 2.22. The second-order valence-corrected chi connectivity index (χ2v) is 5.00. The van der Waals surface area contributed by atoms with Crippen LogP contribution in [0.2, 0.25) is 0 Å². The van der Waals surface area contributed by atoms with Crippen molar-refractivity contribution in [3.8, 4) is 17.4 Å². The van der Waals surface area contributed by atoms with Crippen LogP contribution in [0.1, 0.15) is 15.9 Å². The fraction of sp³-hybridized carbons (Fsp3) is 0.0556. The Hall–Kier alpha value is -3.41. The van der Waals surface area contributed by atoms with Crippen LogP contribution in [0.3, 0.4) is 0 Å². The average molecular weight is 321 g/mol. The minimum absolute atomic E-state index is 0.185. The van der Waals surface area contributed by atoms with Crippen molar-refractivity contribution >= 4 is 5.91 Å². The van der Waals surface area contributed by atoms with Crippen molar-refractivity contribution in [2.45, 2.75) is 6.54 Å². The molecular weight excluding hydrogens is 306 g/mol. The third-order valence-corrected chi connectivity index (χ3v) is 3.25. The van der Waals surface area contributed by atoms with Gasteiger partial charge in [-0.25, -0.2) is 4.98 Å². The molecule has 0 spiro atoms. The minimum Gasteiger partial charge on any atom is -0.508 e. The molecule has 3 rings (SSSR count). The second-order valence-electron chi connectivity index (χ2n) is 5.00. The van der Waals surface area contributed by atoms with Gasteiger partial charge < -0.3 is 15.2 Å². The maximum atomic E-state index is 12.4. The molecule has 0 atom stereocenters. The van der Waals surface area contributed by atoms with E-state index in [4.69, 9.17) is 4.74 Å². The lowest BCUT2D eigenvalue weighted by atomic mass is 10.2. The lowest BCUT2D eigenvalue weighted by Crippen LogP contribution is -2.23. The lowest BCUT2D eigenvalue weighted by molar-refractivity contribution is 0.0948. The number of benzene rings is 1. The Balaban J connectivity index is 1.71. The average Bonchev–Trinajstić information content (AvgIpc) is 2.62. The number of ether oxygens (including phenoxy) is 1. The molecule has 0 fully saturated rings. The van der Waals surface area contributed by atoms with E-state index in [1.165, 1.54) is 0 Å². The van der Waals surface area contributed by atoms with Gasteiger partial charge in [0.25, 0.3) is 5.91 Å². The molecule has 0 saturated heterocycles. The topological polar surface area (TPSA) is 84.3 Å². The van der Waals surface area contributed by atoms with Gasteiger partial charge in [0.1, 0.15) is 17.1 Å². The summed E-state index contributed by atoms with van der Waals surface area (Å²) in [5, 5.41) is 12.1. The number of pyridine rings is 2. The van der Waals surface area contributed by atoms with Crippen LogP contribution < -0.4 is 10.1 Å². The van der Waals surface area contributed by atoms with Crippen molar-refractivity contribution in [1.29, 1.82) is 0 Å². The van der Waals surface area contributed by atoms with Gasteiger partial charge in [0.15, 0.2) is 0 Å². The van der Waals surface area contributed by atoms with E-state index < -0.39 is 0 Å². The Morgan fingerprint density at radius 3 is 2.62 bits per heavy atom. The van der Waals surface area contributed by atoms with Crippen LogP contribution in [-0.4, -0.2) is 21.0 Å². The monoisotopic (exact) mass is 321 g/mol. The normalized spacial score (nSPS) is 10.2. The van der Waals surface area contributed by atoms with Gasteiger partial charge in [-0.2, -0.15) is 0 Å². The number of aromatic hydroxyl groups is 1. The van der Waals surface area contributed by atoms with Crippen molar-refractivity contribution in [1.82, 2.24) is 15.3 Å². The highest BCUT2D eigenvalue weighted by Gasteiger charge is 2.14. The number of hydrogen-bond acceptors (Lipinski definition) is 5. The van der Waals surface area contributed by atoms with Crippen molar-refractivity contribution in [2.24, 2.45) is 0 Å². The van der Waals surface area contributed by atoms with Gasteiger partial charge >= 0.3 is 0 Å². The third-order valence-electron chi connectivity index (χ3n) is 3.25. The summed E-state index contributed by atoms with van der Waals surface area (Å²) < 4.78 is 5.63. The van der Waals surface area contributed by atoms with E-state index in [0.717, 1.165) is 5.56 Å². The minimum atomic E-state index is -0.296. The maximum absolute atomic E-state index is 12.4. The lowest BCUT2D eigenvalue weighted by Gasteiger charge is -2.10. The highest BCUT2D eigenvalue weighted by atomic mass is 16.5. The predicted molar refractivity (Wildman–Crippen MR) is 87.8 cm³/mol. The Morgan fingerprint density at radius 1 is 1.08 bits per heavy atom. The summed E-state index contributed by atoms with van der Waals surface area (Å²) in [7, 11) is 0. The van der Waals surface area contributed by atoms with Crippen LogP contribution in [0, 0.1) is 0 Å². The summed E-state index contributed by atoms with van der Waals surface area (Å²) in [6, 6.07) is 13.4. The van der Waals surface area contributed by atoms with E-state index in [1.54, 1.807) is 67.1 Å². The molecule has 120 valence electrons. The summed E-state index contributed by atoms with van der Waals surface area (Å²) in [5.74, 6) is 0.608. The molecule has 2 aromatic heterocycles.